The molecule has 3 fully saturated rings. The number of nitrogens with zero attached hydrogens (tertiary/aromatic N) is 1. The highest BCUT2D eigenvalue weighted by atomic mass is 16.5. The lowest BCUT2D eigenvalue weighted by atomic mass is 9.73. The second-order valence-corrected chi connectivity index (χ2v) is 7.50. The summed E-state index contributed by atoms with van der Waals surface area (Å²) in [4.78, 5) is 15.3. The lowest BCUT2D eigenvalue weighted by molar-refractivity contribution is -0.147. The van der Waals surface area contributed by atoms with Crippen molar-refractivity contribution in [3.8, 4) is 0 Å². The van der Waals surface area contributed by atoms with Crippen LogP contribution in [0.4, 0.5) is 0 Å². The van der Waals surface area contributed by atoms with Crippen molar-refractivity contribution >= 4 is 5.91 Å². The number of hydrogen-bond acceptors (Lipinski definition) is 3. The lowest BCUT2D eigenvalue weighted by Gasteiger charge is -2.39. The quantitative estimate of drug-likeness (QED) is 0.867. The van der Waals surface area contributed by atoms with Gasteiger partial charge in [0.25, 0.3) is 0 Å². The number of amides is 1. The van der Waals surface area contributed by atoms with Crippen LogP contribution in [0.5, 0.6) is 0 Å². The maximum atomic E-state index is 13.2. The maximum Gasteiger partial charge on any atom is 0.231 e. The second-order valence-electron chi connectivity index (χ2n) is 7.50. The van der Waals surface area contributed by atoms with Crippen molar-refractivity contribution in [1.82, 2.24) is 10.2 Å². The molecule has 4 heteroatoms. The fourth-order valence-corrected chi connectivity index (χ4v) is 4.76. The number of nitrogens with one attached hydrogen (secondary N) is 1. The molecule has 2 aliphatic heterocycles. The first kappa shape index (κ1) is 15.3. The molecule has 1 amide bonds. The molecule has 3 rings (SSSR count). The third kappa shape index (κ3) is 2.98. The van der Waals surface area contributed by atoms with Crippen LogP contribution in [0, 0.1) is 10.8 Å². The molecule has 2 saturated heterocycles. The average molecular weight is 294 g/mol. The molecule has 0 radical (unpaired) electrons. The van der Waals surface area contributed by atoms with E-state index in [9.17, 15) is 4.79 Å². The van der Waals surface area contributed by atoms with Crippen LogP contribution in [0.15, 0.2) is 0 Å². The van der Waals surface area contributed by atoms with E-state index in [1.165, 1.54) is 38.5 Å². The van der Waals surface area contributed by atoms with E-state index in [1.54, 1.807) is 7.11 Å². The smallest absolute Gasteiger partial charge is 0.231 e. The molecule has 1 saturated carbocycles. The van der Waals surface area contributed by atoms with Gasteiger partial charge in [0.1, 0.15) is 0 Å². The van der Waals surface area contributed by atoms with Crippen molar-refractivity contribution in [1.29, 1.82) is 0 Å². The first-order valence-corrected chi connectivity index (χ1v) is 8.69. The van der Waals surface area contributed by atoms with Crippen LogP contribution in [-0.4, -0.2) is 50.7 Å². The van der Waals surface area contributed by atoms with E-state index < -0.39 is 0 Å². The van der Waals surface area contributed by atoms with Crippen LogP contribution >= 0.6 is 0 Å². The minimum Gasteiger partial charge on any atom is -0.384 e. The van der Waals surface area contributed by atoms with Crippen LogP contribution in [0.3, 0.4) is 0 Å². The van der Waals surface area contributed by atoms with Gasteiger partial charge in [-0.15, -0.1) is 0 Å². The van der Waals surface area contributed by atoms with Gasteiger partial charge in [-0.1, -0.05) is 19.3 Å². The number of rotatable bonds is 3. The summed E-state index contributed by atoms with van der Waals surface area (Å²) in [6.07, 6.45) is 9.82. The third-order valence-corrected chi connectivity index (χ3v) is 6.07. The molecule has 0 aromatic carbocycles. The Morgan fingerprint density at radius 2 is 1.81 bits per heavy atom. The van der Waals surface area contributed by atoms with E-state index in [-0.39, 0.29) is 5.41 Å². The fraction of sp³-hybridized carbons (Fsp3) is 0.941. The molecule has 4 nitrogen and oxygen atoms in total. The Hall–Kier alpha value is -0.610. The van der Waals surface area contributed by atoms with Crippen LogP contribution in [0.1, 0.15) is 51.4 Å². The lowest BCUT2D eigenvalue weighted by Crippen LogP contribution is -2.51. The van der Waals surface area contributed by atoms with E-state index in [0.29, 0.717) is 17.9 Å². The van der Waals surface area contributed by atoms with Crippen LogP contribution in [-0.2, 0) is 9.53 Å². The number of ether oxygens (including phenoxy) is 1. The molecule has 0 aromatic rings. The van der Waals surface area contributed by atoms with Crippen molar-refractivity contribution in [2.45, 2.75) is 51.4 Å². The molecular formula is C17H30N2O2. The molecule has 1 aliphatic carbocycles. The zero-order valence-corrected chi connectivity index (χ0v) is 13.5. The Kier molecular flexibility index (Phi) is 4.55. The third-order valence-electron chi connectivity index (χ3n) is 6.07. The number of carbonyl (C=O) groups is 1. The number of carbonyl (C=O) groups excluding carboxylic acids is 1. The van der Waals surface area contributed by atoms with Gasteiger partial charge in [-0.2, -0.15) is 0 Å². The van der Waals surface area contributed by atoms with Gasteiger partial charge in [-0.25, -0.2) is 0 Å². The van der Waals surface area contributed by atoms with Gasteiger partial charge in [0.2, 0.25) is 5.91 Å². The van der Waals surface area contributed by atoms with Crippen molar-refractivity contribution in [2.75, 3.05) is 39.9 Å². The van der Waals surface area contributed by atoms with Crippen molar-refractivity contribution in [3.63, 3.8) is 0 Å². The predicted octanol–water partition coefficient (Wildman–Crippen LogP) is 2.19. The summed E-state index contributed by atoms with van der Waals surface area (Å²) in [5, 5.41) is 3.37. The molecular weight excluding hydrogens is 264 g/mol. The van der Waals surface area contributed by atoms with Crippen LogP contribution < -0.4 is 5.32 Å². The molecule has 120 valence electrons. The minimum atomic E-state index is -0.264. The maximum absolute atomic E-state index is 13.2. The van der Waals surface area contributed by atoms with E-state index in [1.807, 2.05) is 0 Å². The van der Waals surface area contributed by atoms with E-state index in [4.69, 9.17) is 4.74 Å². The number of likely N-dealkylation sites (tertiary alicyclic amines) is 1. The van der Waals surface area contributed by atoms with Gasteiger partial charge in [0.05, 0.1) is 12.0 Å². The normalized spacial score (nSPS) is 28.0. The largest absolute Gasteiger partial charge is 0.384 e. The zero-order valence-electron chi connectivity index (χ0n) is 13.5. The molecule has 0 atom stereocenters. The van der Waals surface area contributed by atoms with E-state index in [0.717, 1.165) is 39.0 Å². The average Bonchev–Trinajstić information content (AvgIpc) is 2.92. The van der Waals surface area contributed by atoms with Crippen LogP contribution in [0.2, 0.25) is 0 Å². The van der Waals surface area contributed by atoms with Gasteiger partial charge in [-0.3, -0.25) is 4.79 Å². The highest BCUT2D eigenvalue weighted by Gasteiger charge is 2.47. The first-order chi connectivity index (χ1) is 10.2. The zero-order chi connectivity index (χ0) is 14.8. The van der Waals surface area contributed by atoms with Gasteiger partial charge in [0, 0.05) is 20.2 Å². The Bertz CT molecular complexity index is 365. The molecule has 0 unspecified atom stereocenters. The summed E-state index contributed by atoms with van der Waals surface area (Å²) in [6, 6.07) is 0. The van der Waals surface area contributed by atoms with Gasteiger partial charge < -0.3 is 15.0 Å². The molecule has 2 heterocycles. The Morgan fingerprint density at radius 3 is 2.48 bits per heavy atom. The Morgan fingerprint density at radius 1 is 1.10 bits per heavy atom. The Balaban J connectivity index is 1.69. The summed E-state index contributed by atoms with van der Waals surface area (Å²) >= 11 is 0. The minimum absolute atomic E-state index is 0.264. The van der Waals surface area contributed by atoms with E-state index >= 15 is 0 Å². The molecule has 3 aliphatic rings. The number of hydrogen-bond donors (Lipinski definition) is 1. The number of methoxy groups -OCH3 is 1. The Labute approximate surface area is 128 Å². The van der Waals surface area contributed by atoms with Crippen molar-refractivity contribution in [3.05, 3.63) is 0 Å². The molecule has 0 bridgehead atoms. The monoisotopic (exact) mass is 294 g/mol. The van der Waals surface area contributed by atoms with Crippen LogP contribution in [0.25, 0.3) is 0 Å². The molecule has 0 aromatic heterocycles. The molecule has 1 spiro atoms. The fourth-order valence-electron chi connectivity index (χ4n) is 4.76. The summed E-state index contributed by atoms with van der Waals surface area (Å²) < 4.78 is 5.43. The summed E-state index contributed by atoms with van der Waals surface area (Å²) in [6.45, 7) is 4.43. The van der Waals surface area contributed by atoms with Crippen molar-refractivity contribution < 1.29 is 9.53 Å². The van der Waals surface area contributed by atoms with Gasteiger partial charge in [-0.05, 0) is 50.6 Å². The molecule has 1 N–H and O–H groups in total. The summed E-state index contributed by atoms with van der Waals surface area (Å²) in [7, 11) is 1.73. The highest BCUT2D eigenvalue weighted by Crippen LogP contribution is 2.45. The standard InChI is InChI=1S/C17H30N2O2/c1-21-14-17(7-10-18-11-8-17)15(20)19-12-9-16(13-19)5-3-2-4-6-16/h18H,2-14H2,1H3. The SMILES string of the molecule is COCC1(C(=O)N2CCC3(CCCCC3)C2)CCNCC1. The van der Waals surface area contributed by atoms with Crippen molar-refractivity contribution in [2.24, 2.45) is 10.8 Å². The molecule has 21 heavy (non-hydrogen) atoms. The summed E-state index contributed by atoms with van der Waals surface area (Å²) in [5.74, 6) is 0.369. The van der Waals surface area contributed by atoms with Gasteiger partial charge >= 0.3 is 0 Å². The summed E-state index contributed by atoms with van der Waals surface area (Å²) in [5.41, 5.74) is 0.190. The second kappa shape index (κ2) is 6.25. The van der Waals surface area contributed by atoms with E-state index in [2.05, 4.69) is 10.2 Å². The van der Waals surface area contributed by atoms with Gasteiger partial charge in [0.15, 0.2) is 0 Å². The number of piperidine rings is 1. The topological polar surface area (TPSA) is 41.6 Å². The highest BCUT2D eigenvalue weighted by molar-refractivity contribution is 5.83. The first-order valence-electron chi connectivity index (χ1n) is 8.69. The predicted molar refractivity (Wildman–Crippen MR) is 83.1 cm³/mol.